The van der Waals surface area contributed by atoms with Gasteiger partial charge in [0, 0.05) is 16.9 Å². The van der Waals surface area contributed by atoms with Crippen LogP contribution in [0, 0.1) is 0 Å². The first kappa shape index (κ1) is 10.5. The van der Waals surface area contributed by atoms with E-state index in [0.29, 0.717) is 16.9 Å². The maximum absolute atomic E-state index is 11.6. The molecule has 5 heteroatoms. The van der Waals surface area contributed by atoms with Crippen molar-refractivity contribution in [3.05, 3.63) is 23.8 Å². The summed E-state index contributed by atoms with van der Waals surface area (Å²) >= 11 is 0. The molecule has 0 fully saturated rings. The third-order valence-corrected chi connectivity index (χ3v) is 2.43. The van der Waals surface area contributed by atoms with Gasteiger partial charge in [0.15, 0.2) is 5.92 Å². The van der Waals surface area contributed by atoms with Crippen LogP contribution in [0.5, 0.6) is 0 Å². The third-order valence-electron chi connectivity index (χ3n) is 2.43. The number of nitrogens with one attached hydrogen (secondary N) is 1. The number of benzene rings is 1. The molecule has 0 aromatic heterocycles. The van der Waals surface area contributed by atoms with Crippen molar-refractivity contribution >= 4 is 23.3 Å². The number of nitrogen functional groups attached to an aromatic ring is 1. The SMILES string of the molecule is CCOC(=O)C1C(=O)Nc2ccc(N)cc21. The molecule has 1 aromatic carbocycles. The number of rotatable bonds is 2. The van der Waals surface area contributed by atoms with Crippen molar-refractivity contribution < 1.29 is 14.3 Å². The second-order valence-electron chi connectivity index (χ2n) is 3.52. The van der Waals surface area contributed by atoms with Crippen LogP contribution >= 0.6 is 0 Å². The molecule has 0 bridgehead atoms. The number of carbonyl (C=O) groups is 2. The van der Waals surface area contributed by atoms with Gasteiger partial charge in [0.1, 0.15) is 0 Å². The minimum Gasteiger partial charge on any atom is -0.465 e. The third kappa shape index (κ3) is 1.60. The summed E-state index contributed by atoms with van der Waals surface area (Å²) in [5, 5.41) is 2.62. The molecule has 1 unspecified atom stereocenters. The average molecular weight is 220 g/mol. The van der Waals surface area contributed by atoms with E-state index < -0.39 is 11.9 Å². The fourth-order valence-electron chi connectivity index (χ4n) is 1.74. The summed E-state index contributed by atoms with van der Waals surface area (Å²) in [7, 11) is 0. The summed E-state index contributed by atoms with van der Waals surface area (Å²) in [6.45, 7) is 1.95. The Bertz CT molecular complexity index is 457. The predicted octanol–water partition coefficient (Wildman–Crippen LogP) is 0.868. The van der Waals surface area contributed by atoms with Crippen LogP contribution in [0.1, 0.15) is 18.4 Å². The van der Waals surface area contributed by atoms with Gasteiger partial charge < -0.3 is 15.8 Å². The maximum atomic E-state index is 11.6. The monoisotopic (exact) mass is 220 g/mol. The Hall–Kier alpha value is -2.04. The molecule has 0 spiro atoms. The first-order valence-corrected chi connectivity index (χ1v) is 5.00. The highest BCUT2D eigenvalue weighted by molar-refractivity contribution is 6.15. The molecule has 0 radical (unpaired) electrons. The molecule has 16 heavy (non-hydrogen) atoms. The van der Waals surface area contributed by atoms with Crippen LogP contribution < -0.4 is 11.1 Å². The first-order valence-electron chi connectivity index (χ1n) is 5.00. The molecule has 1 atom stereocenters. The van der Waals surface area contributed by atoms with Crippen LogP contribution in [0.15, 0.2) is 18.2 Å². The number of carbonyl (C=O) groups excluding carboxylic acids is 2. The van der Waals surface area contributed by atoms with E-state index in [0.717, 1.165) is 0 Å². The van der Waals surface area contributed by atoms with Crippen LogP contribution in [0.3, 0.4) is 0 Å². The maximum Gasteiger partial charge on any atom is 0.323 e. The zero-order valence-corrected chi connectivity index (χ0v) is 8.82. The average Bonchev–Trinajstić information content (AvgIpc) is 2.53. The molecule has 1 aliphatic rings. The largest absolute Gasteiger partial charge is 0.465 e. The fraction of sp³-hybridized carbons (Fsp3) is 0.273. The lowest BCUT2D eigenvalue weighted by molar-refractivity contribution is -0.147. The Morgan fingerprint density at radius 2 is 2.31 bits per heavy atom. The number of hydrogen-bond acceptors (Lipinski definition) is 4. The van der Waals surface area contributed by atoms with Gasteiger partial charge in [0.2, 0.25) is 5.91 Å². The number of anilines is 2. The van der Waals surface area contributed by atoms with Gasteiger partial charge in [-0.3, -0.25) is 9.59 Å². The summed E-state index contributed by atoms with van der Waals surface area (Å²) in [4.78, 5) is 23.2. The number of amides is 1. The number of esters is 1. The molecule has 1 amide bonds. The van der Waals surface area contributed by atoms with Crippen molar-refractivity contribution in [3.8, 4) is 0 Å². The minimum absolute atomic E-state index is 0.250. The summed E-state index contributed by atoms with van der Waals surface area (Å²) in [6.07, 6.45) is 0. The van der Waals surface area contributed by atoms with E-state index in [1.54, 1.807) is 25.1 Å². The van der Waals surface area contributed by atoms with Crippen molar-refractivity contribution in [3.63, 3.8) is 0 Å². The minimum atomic E-state index is -0.890. The van der Waals surface area contributed by atoms with Crippen LogP contribution in [0.2, 0.25) is 0 Å². The van der Waals surface area contributed by atoms with E-state index in [-0.39, 0.29) is 12.5 Å². The second-order valence-corrected chi connectivity index (χ2v) is 3.52. The molecular formula is C11H12N2O3. The van der Waals surface area contributed by atoms with Gasteiger partial charge in [-0.15, -0.1) is 0 Å². The Morgan fingerprint density at radius 1 is 1.56 bits per heavy atom. The van der Waals surface area contributed by atoms with Crippen molar-refractivity contribution in [2.45, 2.75) is 12.8 Å². The van der Waals surface area contributed by atoms with Crippen LogP contribution in [-0.2, 0) is 14.3 Å². The first-order chi connectivity index (χ1) is 7.63. The van der Waals surface area contributed by atoms with E-state index in [4.69, 9.17) is 10.5 Å². The molecule has 0 aliphatic carbocycles. The van der Waals surface area contributed by atoms with E-state index in [1.807, 2.05) is 0 Å². The van der Waals surface area contributed by atoms with E-state index in [1.165, 1.54) is 0 Å². The Morgan fingerprint density at radius 3 is 3.00 bits per heavy atom. The van der Waals surface area contributed by atoms with Crippen LogP contribution in [0.25, 0.3) is 0 Å². The van der Waals surface area contributed by atoms with Gasteiger partial charge in [-0.1, -0.05) is 0 Å². The van der Waals surface area contributed by atoms with Gasteiger partial charge in [0.25, 0.3) is 0 Å². The van der Waals surface area contributed by atoms with Crippen molar-refractivity contribution in [1.29, 1.82) is 0 Å². The van der Waals surface area contributed by atoms with E-state index >= 15 is 0 Å². The fourth-order valence-corrected chi connectivity index (χ4v) is 1.74. The molecule has 84 valence electrons. The van der Waals surface area contributed by atoms with Crippen LogP contribution in [0.4, 0.5) is 11.4 Å². The molecular weight excluding hydrogens is 208 g/mol. The topological polar surface area (TPSA) is 81.4 Å². The summed E-state index contributed by atoms with van der Waals surface area (Å²) < 4.78 is 4.85. The quantitative estimate of drug-likeness (QED) is 0.440. The van der Waals surface area contributed by atoms with Crippen molar-refractivity contribution in [1.82, 2.24) is 0 Å². The van der Waals surface area contributed by atoms with E-state index in [9.17, 15) is 9.59 Å². The van der Waals surface area contributed by atoms with Crippen molar-refractivity contribution in [2.75, 3.05) is 17.7 Å². The van der Waals surface area contributed by atoms with Crippen LogP contribution in [-0.4, -0.2) is 18.5 Å². The van der Waals surface area contributed by atoms with Gasteiger partial charge in [-0.2, -0.15) is 0 Å². The molecule has 5 nitrogen and oxygen atoms in total. The zero-order chi connectivity index (χ0) is 11.7. The standard InChI is InChI=1S/C11H12N2O3/c1-2-16-11(15)9-7-5-6(12)3-4-8(7)13-10(9)14/h3-5,9H,2,12H2,1H3,(H,13,14). The van der Waals surface area contributed by atoms with Crippen molar-refractivity contribution in [2.24, 2.45) is 0 Å². The lowest BCUT2D eigenvalue weighted by Gasteiger charge is -2.07. The highest BCUT2D eigenvalue weighted by Gasteiger charge is 2.37. The summed E-state index contributed by atoms with van der Waals surface area (Å²) in [6, 6.07) is 4.98. The van der Waals surface area contributed by atoms with Gasteiger partial charge in [-0.05, 0) is 25.1 Å². The number of ether oxygens (including phenoxy) is 1. The number of nitrogens with two attached hydrogens (primary N) is 1. The lowest BCUT2D eigenvalue weighted by Crippen LogP contribution is -2.22. The second kappa shape index (κ2) is 3.84. The molecule has 1 aliphatic heterocycles. The smallest absolute Gasteiger partial charge is 0.323 e. The number of hydrogen-bond donors (Lipinski definition) is 2. The Labute approximate surface area is 92.6 Å². The normalized spacial score (nSPS) is 17.8. The Balaban J connectivity index is 2.38. The predicted molar refractivity (Wildman–Crippen MR) is 58.9 cm³/mol. The molecule has 1 aromatic rings. The summed E-state index contributed by atoms with van der Waals surface area (Å²) in [5.74, 6) is -1.79. The molecule has 0 saturated heterocycles. The van der Waals surface area contributed by atoms with Gasteiger partial charge in [0.05, 0.1) is 6.61 Å². The number of fused-ring (bicyclic) bond motifs is 1. The van der Waals surface area contributed by atoms with E-state index in [2.05, 4.69) is 5.32 Å². The van der Waals surface area contributed by atoms with Gasteiger partial charge >= 0.3 is 5.97 Å². The van der Waals surface area contributed by atoms with Gasteiger partial charge in [-0.25, -0.2) is 0 Å². The highest BCUT2D eigenvalue weighted by atomic mass is 16.5. The molecule has 2 rings (SSSR count). The Kier molecular flexibility index (Phi) is 2.52. The highest BCUT2D eigenvalue weighted by Crippen LogP contribution is 2.34. The lowest BCUT2D eigenvalue weighted by atomic mass is 10.0. The zero-order valence-electron chi connectivity index (χ0n) is 8.82. The molecule has 1 heterocycles. The molecule has 0 saturated carbocycles. The summed E-state index contributed by atoms with van der Waals surface area (Å²) in [5.41, 5.74) is 7.35. The molecule has 3 N–H and O–H groups in total.